The van der Waals surface area contributed by atoms with Crippen LogP contribution in [0.2, 0.25) is 0 Å². The van der Waals surface area contributed by atoms with Crippen LogP contribution in [-0.4, -0.2) is 30.3 Å². The van der Waals surface area contributed by atoms with Crippen LogP contribution in [0.3, 0.4) is 0 Å². The van der Waals surface area contributed by atoms with Crippen molar-refractivity contribution in [3.05, 3.63) is 218 Å². The fourth-order valence-corrected chi connectivity index (χ4v) is 10.6. The van der Waals surface area contributed by atoms with E-state index in [0.717, 1.165) is 62.4 Å². The molecular formula is C57H39N3O3S3Zn2. The number of benzene rings is 9. The average Bonchev–Trinajstić information content (AvgIpc) is 4.12. The van der Waals surface area contributed by atoms with Crippen LogP contribution in [0, 0.1) is 0 Å². The van der Waals surface area contributed by atoms with Crippen LogP contribution in [0.1, 0.15) is 0 Å². The molecule has 9 aromatic carbocycles. The smallest absolute Gasteiger partial charge is 0.128 e. The number of hydrogen-bond acceptors (Lipinski definition) is 9. The van der Waals surface area contributed by atoms with E-state index in [9.17, 15) is 15.3 Å². The van der Waals surface area contributed by atoms with Gasteiger partial charge >= 0.3 is 0 Å². The summed E-state index contributed by atoms with van der Waals surface area (Å²) in [5, 5.41) is 32.5. The fourth-order valence-electron chi connectivity index (χ4n) is 7.51. The van der Waals surface area contributed by atoms with E-state index in [2.05, 4.69) is 87.7 Å². The van der Waals surface area contributed by atoms with Gasteiger partial charge in [0.2, 0.25) is 0 Å². The molecule has 0 aliphatic carbocycles. The van der Waals surface area contributed by atoms with Crippen LogP contribution in [0.5, 0.6) is 17.2 Å². The van der Waals surface area contributed by atoms with Gasteiger partial charge in [-0.25, -0.2) is 15.0 Å². The Bertz CT molecular complexity index is 3220. The fraction of sp³-hybridized carbons (Fsp3) is 0. The van der Waals surface area contributed by atoms with Gasteiger partial charge in [0.25, 0.3) is 0 Å². The Labute approximate surface area is 431 Å². The Hall–Kier alpha value is -6.70. The summed E-state index contributed by atoms with van der Waals surface area (Å²) in [6.07, 6.45) is 0. The number of fused-ring (bicyclic) bond motifs is 3. The van der Waals surface area contributed by atoms with Gasteiger partial charge in [0, 0.05) is 39.0 Å². The van der Waals surface area contributed by atoms with Gasteiger partial charge in [0.05, 0.1) is 47.3 Å². The van der Waals surface area contributed by atoms with Gasteiger partial charge in [-0.05, 0) is 106 Å². The van der Waals surface area contributed by atoms with E-state index in [4.69, 9.17) is 0 Å². The predicted molar refractivity (Wildman–Crippen MR) is 276 cm³/mol. The van der Waals surface area contributed by atoms with Crippen LogP contribution in [0.4, 0.5) is 0 Å². The first-order valence-corrected chi connectivity index (χ1v) is 23.6. The number of thiazole rings is 3. The zero-order chi connectivity index (χ0) is 44.8. The maximum atomic E-state index is 9.99. The normalized spacial score (nSPS) is 10.6. The number of nitrogens with zero attached hydrogens (tertiary/aromatic N) is 3. The summed E-state index contributed by atoms with van der Waals surface area (Å²) in [5.41, 5.74) is 12.4. The van der Waals surface area contributed by atoms with Gasteiger partial charge in [-0.2, -0.15) is 0 Å². The molecule has 0 unspecified atom stereocenters. The molecule has 0 amide bonds. The molecule has 3 heterocycles. The van der Waals surface area contributed by atoms with E-state index in [1.165, 1.54) is 33.4 Å². The van der Waals surface area contributed by atoms with Crippen molar-refractivity contribution in [1.29, 1.82) is 0 Å². The summed E-state index contributed by atoms with van der Waals surface area (Å²) in [6, 6.07) is 71.7. The predicted octanol–water partition coefficient (Wildman–Crippen LogP) is 16.0. The minimum atomic E-state index is 0. The molecule has 3 aromatic heterocycles. The average molecular weight is 1040 g/mol. The Kier molecular flexibility index (Phi) is 15.4. The topological polar surface area (TPSA) is 99.4 Å². The molecule has 0 aliphatic rings. The van der Waals surface area contributed by atoms with E-state index in [-0.39, 0.29) is 56.2 Å². The van der Waals surface area contributed by atoms with Crippen molar-refractivity contribution in [2.75, 3.05) is 0 Å². The molecule has 0 atom stereocenters. The van der Waals surface area contributed by atoms with Crippen molar-refractivity contribution in [2.45, 2.75) is 0 Å². The molecule has 3 N–H and O–H groups in total. The van der Waals surface area contributed by atoms with Gasteiger partial charge < -0.3 is 15.3 Å². The molecule has 0 saturated heterocycles. The Morgan fingerprint density at radius 3 is 0.779 bits per heavy atom. The molecule has 0 saturated carbocycles. The summed E-state index contributed by atoms with van der Waals surface area (Å²) in [5.74, 6) is 0.805. The molecule has 6 nitrogen and oxygen atoms in total. The van der Waals surface area contributed by atoms with Gasteiger partial charge in [-0.15, -0.1) is 34.0 Å². The number of para-hydroxylation sites is 3. The number of phenols is 3. The van der Waals surface area contributed by atoms with E-state index >= 15 is 0 Å². The molecular weight excluding hydrogens is 1000 g/mol. The minimum absolute atomic E-state index is 0. The SMILES string of the molecule is Oc1ccccc1-c1nc2ccc(-c3ccccc3)cc2s1.Oc1ccccc1-c1nc2ccc(-c3ccccc3)cc2s1.Oc1ccccc1-c1nc2ccc(-c3ccccc3)cc2s1.[Zn].[Zn]. The molecule has 0 bridgehead atoms. The maximum absolute atomic E-state index is 9.99. The molecule has 322 valence electrons. The van der Waals surface area contributed by atoms with E-state index in [1.54, 1.807) is 52.2 Å². The van der Waals surface area contributed by atoms with Crippen molar-refractivity contribution in [2.24, 2.45) is 0 Å². The third kappa shape index (κ3) is 10.7. The summed E-state index contributed by atoms with van der Waals surface area (Å²) >= 11 is 4.81. The van der Waals surface area contributed by atoms with Gasteiger partial charge in [-0.3, -0.25) is 0 Å². The monoisotopic (exact) mass is 1040 g/mol. The third-order valence-corrected chi connectivity index (χ3v) is 14.0. The van der Waals surface area contributed by atoms with Crippen LogP contribution in [0.25, 0.3) is 95.7 Å². The van der Waals surface area contributed by atoms with E-state index in [0.29, 0.717) is 0 Å². The number of aromatic nitrogens is 3. The number of phenolic OH excluding ortho intramolecular Hbond substituents is 3. The summed E-state index contributed by atoms with van der Waals surface area (Å²) in [7, 11) is 0. The van der Waals surface area contributed by atoms with Crippen molar-refractivity contribution < 1.29 is 54.3 Å². The van der Waals surface area contributed by atoms with Crippen molar-refractivity contribution in [1.82, 2.24) is 15.0 Å². The van der Waals surface area contributed by atoms with Crippen molar-refractivity contribution >= 4 is 64.7 Å². The quantitative estimate of drug-likeness (QED) is 0.144. The van der Waals surface area contributed by atoms with Crippen LogP contribution in [-0.2, 0) is 39.0 Å². The number of aromatic hydroxyl groups is 3. The zero-order valence-corrected chi connectivity index (χ0v) is 45.0. The maximum Gasteiger partial charge on any atom is 0.128 e. The number of rotatable bonds is 6. The summed E-state index contributed by atoms with van der Waals surface area (Å²) in [6.45, 7) is 0. The number of hydrogen-bond donors (Lipinski definition) is 3. The molecule has 0 spiro atoms. The zero-order valence-electron chi connectivity index (χ0n) is 36.6. The molecule has 0 aliphatic heterocycles. The largest absolute Gasteiger partial charge is 0.507 e. The van der Waals surface area contributed by atoms with Crippen LogP contribution >= 0.6 is 34.0 Å². The second-order valence-electron chi connectivity index (χ2n) is 15.3. The van der Waals surface area contributed by atoms with Crippen LogP contribution < -0.4 is 0 Å². The minimum Gasteiger partial charge on any atom is -0.507 e. The Morgan fingerprint density at radius 1 is 0.265 bits per heavy atom. The molecule has 11 heteroatoms. The summed E-state index contributed by atoms with van der Waals surface area (Å²) < 4.78 is 3.37. The van der Waals surface area contributed by atoms with E-state index < -0.39 is 0 Å². The second-order valence-corrected chi connectivity index (χ2v) is 18.3. The molecule has 12 rings (SSSR count). The summed E-state index contributed by atoms with van der Waals surface area (Å²) in [4.78, 5) is 13.9. The Balaban J connectivity index is 0.000000136. The first-order valence-electron chi connectivity index (χ1n) is 21.2. The van der Waals surface area contributed by atoms with E-state index in [1.807, 2.05) is 127 Å². The molecule has 12 aromatic rings. The van der Waals surface area contributed by atoms with Gasteiger partial charge in [0.1, 0.15) is 32.3 Å². The second kappa shape index (κ2) is 21.9. The molecule has 0 radical (unpaired) electrons. The molecule has 0 fully saturated rings. The first kappa shape index (κ1) is 47.8. The van der Waals surface area contributed by atoms with Crippen LogP contribution in [0.15, 0.2) is 218 Å². The Morgan fingerprint density at radius 2 is 0.515 bits per heavy atom. The standard InChI is InChI=1S/3C19H13NOS.2Zn/c3*21-17-9-5-4-8-15(17)19-20-16-11-10-14(12-18(16)22-19)13-6-2-1-3-7-13;;/h3*1-12,21H;;. The van der Waals surface area contributed by atoms with Gasteiger partial charge in [-0.1, -0.05) is 146 Å². The third-order valence-electron chi connectivity index (χ3n) is 10.9. The van der Waals surface area contributed by atoms with Crippen molar-refractivity contribution in [3.63, 3.8) is 0 Å². The van der Waals surface area contributed by atoms with Gasteiger partial charge in [0.15, 0.2) is 0 Å². The molecule has 68 heavy (non-hydrogen) atoms. The van der Waals surface area contributed by atoms with Crippen molar-refractivity contribution in [3.8, 4) is 82.3 Å². The first-order chi connectivity index (χ1) is 32.4.